The number of rotatable bonds is 8. The molecular formula is C64H65N3O. The molecule has 0 amide bonds. The average molecular weight is 904 g/mol. The van der Waals surface area contributed by atoms with Gasteiger partial charge in [0, 0.05) is 39.3 Å². The van der Waals surface area contributed by atoms with Crippen LogP contribution in [0.2, 0.25) is 0 Å². The molecule has 0 aliphatic heterocycles. The summed E-state index contributed by atoms with van der Waals surface area (Å²) in [4.78, 5) is 10.5. The number of nitrogens with zero attached hydrogens (tertiary/aromatic N) is 3. The van der Waals surface area contributed by atoms with E-state index in [9.17, 15) is 0 Å². The lowest BCUT2D eigenvalue weighted by molar-refractivity contribution is 0.413. The van der Waals surface area contributed by atoms with Crippen molar-refractivity contribution >= 4 is 11.0 Å². The van der Waals surface area contributed by atoms with Crippen LogP contribution in [0.5, 0.6) is 5.75 Å². The minimum absolute atomic E-state index is 0.117. The minimum Gasteiger partial charge on any atom is -0.496 e. The Morgan fingerprint density at radius 2 is 1.16 bits per heavy atom. The average Bonchev–Trinajstić information content (AvgIpc) is 3.76. The van der Waals surface area contributed by atoms with E-state index in [2.05, 4.69) is 101 Å². The highest BCUT2D eigenvalue weighted by molar-refractivity contribution is 5.98. The zero-order valence-electron chi connectivity index (χ0n) is 52.3. The molecule has 68 heavy (non-hydrogen) atoms. The molecule has 0 saturated heterocycles. The van der Waals surface area contributed by atoms with Crippen molar-refractivity contribution in [1.82, 2.24) is 14.5 Å². The predicted molar refractivity (Wildman–Crippen MR) is 288 cm³/mol. The first-order valence-electron chi connectivity index (χ1n) is 29.0. The smallest absolute Gasteiger partial charge is 0.149 e. The van der Waals surface area contributed by atoms with Gasteiger partial charge in [-0.05, 0) is 152 Å². The van der Waals surface area contributed by atoms with Gasteiger partial charge >= 0.3 is 0 Å². The van der Waals surface area contributed by atoms with E-state index in [1.807, 2.05) is 80.6 Å². The van der Waals surface area contributed by atoms with Crippen LogP contribution in [0, 0.1) is 20.7 Å². The van der Waals surface area contributed by atoms with Gasteiger partial charge in [0.1, 0.15) is 11.6 Å². The molecule has 0 saturated carbocycles. The molecule has 4 heteroatoms. The summed E-state index contributed by atoms with van der Waals surface area (Å²) in [5, 5.41) is 0. The highest BCUT2D eigenvalue weighted by atomic mass is 16.5. The molecule has 0 radical (unpaired) electrons. The largest absolute Gasteiger partial charge is 0.496 e. The normalized spacial score (nSPS) is 15.5. The molecule has 0 fully saturated rings. The predicted octanol–water partition coefficient (Wildman–Crippen LogP) is 17.2. The quantitative estimate of drug-likeness (QED) is 0.153. The van der Waals surface area contributed by atoms with Crippen molar-refractivity contribution in [3.8, 4) is 78.6 Å². The van der Waals surface area contributed by atoms with Crippen LogP contribution in [0.15, 0.2) is 158 Å². The third-order valence-corrected chi connectivity index (χ3v) is 12.9. The Balaban J connectivity index is 1.30. The van der Waals surface area contributed by atoms with Crippen molar-refractivity contribution < 1.29 is 21.2 Å². The van der Waals surface area contributed by atoms with Crippen molar-refractivity contribution in [3.05, 3.63) is 191 Å². The van der Waals surface area contributed by atoms with E-state index in [0.29, 0.717) is 45.2 Å². The van der Waals surface area contributed by atoms with Crippen LogP contribution in [0.3, 0.4) is 0 Å². The number of methoxy groups -OCH3 is 1. The van der Waals surface area contributed by atoms with E-state index >= 15 is 0 Å². The van der Waals surface area contributed by atoms with Crippen LogP contribution in [0.25, 0.3) is 83.9 Å². The first-order valence-corrected chi connectivity index (χ1v) is 23.0. The molecule has 0 unspecified atom stereocenters. The molecule has 342 valence electrons. The maximum Gasteiger partial charge on any atom is 0.149 e. The van der Waals surface area contributed by atoms with Gasteiger partial charge in [-0.1, -0.05) is 165 Å². The number of para-hydroxylation sites is 1. The third-order valence-electron chi connectivity index (χ3n) is 12.9. The fraction of sp³-hybridized carbons (Fsp3) is 0.250. The number of aryl methyl sites for hydroxylation is 3. The van der Waals surface area contributed by atoms with E-state index in [4.69, 9.17) is 31.2 Å². The van der Waals surface area contributed by atoms with Crippen molar-refractivity contribution in [1.29, 1.82) is 0 Å². The van der Waals surface area contributed by atoms with Crippen LogP contribution in [-0.4, -0.2) is 21.6 Å². The Labute approximate surface area is 421 Å². The summed E-state index contributed by atoms with van der Waals surface area (Å²) in [6.45, 7) is 4.28. The van der Waals surface area contributed by atoms with Crippen molar-refractivity contribution in [2.24, 2.45) is 0 Å². The second-order valence-electron chi connectivity index (χ2n) is 20.0. The van der Waals surface area contributed by atoms with Gasteiger partial charge < -0.3 is 4.74 Å². The Bertz CT molecular complexity index is 3740. The van der Waals surface area contributed by atoms with Crippen LogP contribution in [0.4, 0.5) is 0 Å². The lowest BCUT2D eigenvalue weighted by atomic mass is 9.83. The van der Waals surface area contributed by atoms with Crippen molar-refractivity contribution in [3.63, 3.8) is 0 Å². The molecule has 9 aromatic rings. The maximum absolute atomic E-state index is 9.05. The van der Waals surface area contributed by atoms with Crippen LogP contribution in [0.1, 0.15) is 112 Å². The van der Waals surface area contributed by atoms with Gasteiger partial charge in [-0.2, -0.15) is 0 Å². The summed E-state index contributed by atoms with van der Waals surface area (Å²) in [6, 6.07) is 47.7. The number of hydrogen-bond acceptors (Lipinski definition) is 3. The Kier molecular flexibility index (Phi) is 8.63. The first-order chi connectivity index (χ1) is 37.2. The van der Waals surface area contributed by atoms with E-state index in [-0.39, 0.29) is 22.0 Å². The molecule has 7 aromatic carbocycles. The third kappa shape index (κ3) is 8.93. The highest BCUT2D eigenvalue weighted by Gasteiger charge is 2.26. The van der Waals surface area contributed by atoms with Crippen LogP contribution in [-0.2, 0) is 16.2 Å². The maximum atomic E-state index is 9.05. The van der Waals surface area contributed by atoms with Gasteiger partial charge in [0.25, 0.3) is 0 Å². The van der Waals surface area contributed by atoms with Crippen LogP contribution >= 0.6 is 0 Å². The summed E-state index contributed by atoms with van der Waals surface area (Å²) in [5.41, 5.74) is 10.4. The minimum atomic E-state index is -3.39. The molecule has 0 spiro atoms. The lowest BCUT2D eigenvalue weighted by Gasteiger charge is -2.22. The highest BCUT2D eigenvalue weighted by Crippen LogP contribution is 2.44. The van der Waals surface area contributed by atoms with Gasteiger partial charge in [0.15, 0.2) is 0 Å². The molecule has 0 bridgehead atoms. The topological polar surface area (TPSA) is 39.9 Å². The Morgan fingerprint density at radius 1 is 0.500 bits per heavy atom. The van der Waals surface area contributed by atoms with E-state index < -0.39 is 32.8 Å². The number of hydrogen-bond donors (Lipinski definition) is 0. The molecule has 9 rings (SSSR count). The number of aromatic nitrogens is 3. The summed E-state index contributed by atoms with van der Waals surface area (Å²) in [6.07, 6.45) is 1.66. The fourth-order valence-corrected chi connectivity index (χ4v) is 9.20. The number of benzene rings is 7. The molecule has 2 aromatic heterocycles. The molecular weight excluding hydrogens is 827 g/mol. The standard InChI is InChI=1S/C64H65N3O/c1-40-32-42(3)60(68-13)55(33-40)61-66-59-52(47-35-48(37-51(36-47)64(10,11)12)56-38-46(30-31-65-56)43-22-26-49(27-23-43)62(4,5)6)20-17-21-57(59)67(61)58-34-41(2)53(44-18-15-14-16-19-44)39-54(58)45-24-28-50(29-25-45)63(7,8)9/h14-39H,1-13H3/i2D3,4D3,5D3,6D3. The molecule has 0 atom stereocenters. The molecule has 0 aliphatic rings. The summed E-state index contributed by atoms with van der Waals surface area (Å²) in [7, 11) is 1.65. The number of ether oxygens (including phenoxy) is 1. The second-order valence-corrected chi connectivity index (χ2v) is 20.0. The van der Waals surface area contributed by atoms with Crippen LogP contribution < -0.4 is 4.74 Å². The molecule has 0 aliphatic carbocycles. The molecule has 4 nitrogen and oxygen atoms in total. The first kappa shape index (κ1) is 33.4. The zero-order valence-corrected chi connectivity index (χ0v) is 40.3. The lowest BCUT2D eigenvalue weighted by Crippen LogP contribution is -2.11. The fourth-order valence-electron chi connectivity index (χ4n) is 9.20. The SMILES string of the molecule is [2H]C([2H])([2H])c1cc(-n2c(-c3cc(C)cc(C)c3OC)nc3c(-c4cc(-c5cc(-c6ccc(C(C([2H])([2H])[2H])(C([2H])([2H])[2H])C([2H])([2H])[2H])cc6)ccn5)cc(C(C)(C)C)c4)cccc32)c(-c2ccc(C(C)(C)C)cc2)cc1-c1ccccc1. The van der Waals surface area contributed by atoms with Gasteiger partial charge in [0.05, 0.1) is 35.1 Å². The summed E-state index contributed by atoms with van der Waals surface area (Å²) < 4.78 is 110. The second kappa shape index (κ2) is 17.6. The Hall–Kier alpha value is -7.04. The monoisotopic (exact) mass is 904 g/mol. The summed E-state index contributed by atoms with van der Waals surface area (Å²) >= 11 is 0. The summed E-state index contributed by atoms with van der Waals surface area (Å²) in [5.74, 6) is 1.18. The Morgan fingerprint density at radius 3 is 1.82 bits per heavy atom. The van der Waals surface area contributed by atoms with E-state index in [0.717, 1.165) is 66.7 Å². The van der Waals surface area contributed by atoms with Crippen molar-refractivity contribution in [2.75, 3.05) is 7.11 Å². The van der Waals surface area contributed by atoms with E-state index in [1.165, 1.54) is 12.1 Å². The van der Waals surface area contributed by atoms with Gasteiger partial charge in [0.2, 0.25) is 0 Å². The molecule has 0 N–H and O–H groups in total. The molecule has 2 heterocycles. The number of pyridine rings is 1. The number of fused-ring (bicyclic) bond motifs is 1. The van der Waals surface area contributed by atoms with Gasteiger partial charge in [-0.3, -0.25) is 9.55 Å². The van der Waals surface area contributed by atoms with Gasteiger partial charge in [-0.15, -0.1) is 0 Å². The van der Waals surface area contributed by atoms with Gasteiger partial charge in [-0.25, -0.2) is 4.98 Å². The zero-order chi connectivity index (χ0) is 58.3. The van der Waals surface area contributed by atoms with Crippen molar-refractivity contribution in [2.45, 2.75) is 99.0 Å². The number of imidazole rings is 1. The van der Waals surface area contributed by atoms with E-state index in [1.54, 1.807) is 31.5 Å².